The van der Waals surface area contributed by atoms with E-state index in [2.05, 4.69) is 20.4 Å². The maximum Gasteiger partial charge on any atom is 0.269 e. The molecule has 29 heavy (non-hydrogen) atoms. The van der Waals surface area contributed by atoms with Crippen molar-refractivity contribution in [2.45, 2.75) is 24.6 Å². The summed E-state index contributed by atoms with van der Waals surface area (Å²) < 4.78 is 7.56. The number of carbonyl (C=O) groups is 1. The molecule has 0 bridgehead atoms. The number of amides is 1. The molecule has 3 aromatic rings. The van der Waals surface area contributed by atoms with E-state index in [9.17, 15) is 4.79 Å². The Morgan fingerprint density at radius 2 is 2.24 bits per heavy atom. The minimum atomic E-state index is -0.178. The molecule has 0 saturated heterocycles. The maximum absolute atomic E-state index is 12.4. The summed E-state index contributed by atoms with van der Waals surface area (Å²) in [7, 11) is 1.75. The van der Waals surface area contributed by atoms with Crippen LogP contribution in [0.1, 0.15) is 21.7 Å². The van der Waals surface area contributed by atoms with Crippen LogP contribution in [0, 0.1) is 6.92 Å². The fourth-order valence-electron chi connectivity index (χ4n) is 3.37. The van der Waals surface area contributed by atoms with Gasteiger partial charge < -0.3 is 10.1 Å². The summed E-state index contributed by atoms with van der Waals surface area (Å²) in [6, 6.07) is 7.51. The summed E-state index contributed by atoms with van der Waals surface area (Å²) in [5.41, 5.74) is 4.07. The standard InChI is InChI=1S/C20H20ClN5O2S/c1-11-6-17(26(2)25-11)19(27)23-10-14-8-13-7-12(9-15(21)18(13)28-14)16-4-5-22-20(24-16)29-3/h4-7,9,14H,8,10H2,1-3H3,(H,23,27). The second kappa shape index (κ2) is 8.04. The number of halogens is 1. The quantitative estimate of drug-likeness (QED) is 0.495. The van der Waals surface area contributed by atoms with Crippen molar-refractivity contribution in [2.24, 2.45) is 7.05 Å². The summed E-state index contributed by atoms with van der Waals surface area (Å²) in [4.78, 5) is 21.2. The maximum atomic E-state index is 12.4. The first-order valence-corrected chi connectivity index (χ1v) is 10.7. The second-order valence-corrected chi connectivity index (χ2v) is 8.00. The SMILES string of the molecule is CSc1nccc(-c2cc(Cl)c3c(c2)CC(CNC(=O)c2cc(C)nn2C)O3)n1. The fourth-order valence-corrected chi connectivity index (χ4v) is 4.01. The van der Waals surface area contributed by atoms with Crippen LogP contribution in [0.5, 0.6) is 5.75 Å². The molecule has 0 aliphatic carbocycles. The van der Waals surface area contributed by atoms with Gasteiger partial charge in [-0.05, 0) is 37.4 Å². The zero-order valence-electron chi connectivity index (χ0n) is 16.3. The lowest BCUT2D eigenvalue weighted by Gasteiger charge is -2.12. The number of hydrogen-bond donors (Lipinski definition) is 1. The lowest BCUT2D eigenvalue weighted by atomic mass is 10.0. The highest BCUT2D eigenvalue weighted by atomic mass is 35.5. The van der Waals surface area contributed by atoms with Crippen LogP contribution in [0.25, 0.3) is 11.3 Å². The summed E-state index contributed by atoms with van der Waals surface area (Å²) in [5, 5.41) is 8.37. The van der Waals surface area contributed by atoms with Gasteiger partial charge in [-0.15, -0.1) is 0 Å². The predicted molar refractivity (Wildman–Crippen MR) is 113 cm³/mol. The summed E-state index contributed by atoms with van der Waals surface area (Å²) in [6.07, 6.45) is 4.16. The Balaban J connectivity index is 1.47. The molecule has 1 atom stereocenters. The molecule has 0 radical (unpaired) electrons. The number of hydrogen-bond acceptors (Lipinski definition) is 6. The zero-order valence-corrected chi connectivity index (χ0v) is 17.8. The van der Waals surface area contributed by atoms with Crippen LogP contribution >= 0.6 is 23.4 Å². The molecular weight excluding hydrogens is 410 g/mol. The van der Waals surface area contributed by atoms with Crippen LogP contribution < -0.4 is 10.1 Å². The van der Waals surface area contributed by atoms with E-state index in [-0.39, 0.29) is 12.0 Å². The van der Waals surface area contributed by atoms with E-state index in [1.54, 1.807) is 24.0 Å². The Labute approximate surface area is 177 Å². The van der Waals surface area contributed by atoms with E-state index in [1.165, 1.54) is 11.8 Å². The number of nitrogens with one attached hydrogen (secondary N) is 1. The van der Waals surface area contributed by atoms with Crippen molar-refractivity contribution in [1.29, 1.82) is 0 Å². The molecule has 4 rings (SSSR count). The average Bonchev–Trinajstić information content (AvgIpc) is 3.28. The van der Waals surface area contributed by atoms with Crippen molar-refractivity contribution in [2.75, 3.05) is 12.8 Å². The third kappa shape index (κ3) is 4.09. The van der Waals surface area contributed by atoms with E-state index < -0.39 is 0 Å². The number of benzene rings is 1. The highest BCUT2D eigenvalue weighted by Crippen LogP contribution is 2.39. The van der Waals surface area contributed by atoms with E-state index in [0.29, 0.717) is 34.6 Å². The summed E-state index contributed by atoms with van der Waals surface area (Å²) in [5.74, 6) is 0.496. The molecule has 0 fully saturated rings. The molecule has 1 unspecified atom stereocenters. The molecule has 1 aromatic carbocycles. The first-order valence-electron chi connectivity index (χ1n) is 9.10. The first-order chi connectivity index (χ1) is 13.9. The van der Waals surface area contributed by atoms with Gasteiger partial charge in [0.2, 0.25) is 0 Å². The molecule has 1 aliphatic heterocycles. The van der Waals surface area contributed by atoms with Crippen LogP contribution in [-0.2, 0) is 13.5 Å². The van der Waals surface area contributed by atoms with Gasteiger partial charge in [-0.3, -0.25) is 9.48 Å². The molecule has 1 amide bonds. The molecular formula is C20H20ClN5O2S. The number of carbonyl (C=O) groups excluding carboxylic acids is 1. The number of thioether (sulfide) groups is 1. The van der Waals surface area contributed by atoms with Gasteiger partial charge in [0, 0.05) is 30.8 Å². The number of rotatable bonds is 5. The Morgan fingerprint density at radius 1 is 1.41 bits per heavy atom. The number of aromatic nitrogens is 4. The predicted octanol–water partition coefficient (Wildman–Crippen LogP) is 3.29. The molecule has 9 heteroatoms. The third-order valence-corrected chi connectivity index (χ3v) is 5.53. The van der Waals surface area contributed by atoms with Gasteiger partial charge in [-0.2, -0.15) is 5.10 Å². The van der Waals surface area contributed by atoms with Crippen LogP contribution in [0.15, 0.2) is 35.6 Å². The van der Waals surface area contributed by atoms with Gasteiger partial charge in [-0.25, -0.2) is 9.97 Å². The molecule has 150 valence electrons. The number of fused-ring (bicyclic) bond motifs is 1. The van der Waals surface area contributed by atoms with E-state index in [1.807, 2.05) is 31.4 Å². The van der Waals surface area contributed by atoms with Gasteiger partial charge in [0.1, 0.15) is 17.5 Å². The zero-order chi connectivity index (χ0) is 20.5. The second-order valence-electron chi connectivity index (χ2n) is 6.82. The largest absolute Gasteiger partial charge is 0.486 e. The molecule has 0 spiro atoms. The number of nitrogens with zero attached hydrogens (tertiary/aromatic N) is 4. The molecule has 2 aromatic heterocycles. The molecule has 7 nitrogen and oxygen atoms in total. The minimum Gasteiger partial charge on any atom is -0.486 e. The molecule has 0 saturated carbocycles. The van der Waals surface area contributed by atoms with Crippen LogP contribution in [0.4, 0.5) is 0 Å². The fraction of sp³-hybridized carbons (Fsp3) is 0.300. The lowest BCUT2D eigenvalue weighted by Crippen LogP contribution is -2.35. The Hall–Kier alpha value is -2.58. The van der Waals surface area contributed by atoms with Gasteiger partial charge in [-0.1, -0.05) is 23.4 Å². The van der Waals surface area contributed by atoms with Gasteiger partial charge >= 0.3 is 0 Å². The third-order valence-electron chi connectivity index (χ3n) is 4.69. The minimum absolute atomic E-state index is 0.176. The van der Waals surface area contributed by atoms with Crippen molar-refractivity contribution >= 4 is 29.3 Å². The summed E-state index contributed by atoms with van der Waals surface area (Å²) >= 11 is 7.96. The van der Waals surface area contributed by atoms with Crippen LogP contribution in [0.2, 0.25) is 5.02 Å². The van der Waals surface area contributed by atoms with Crippen molar-refractivity contribution in [3.8, 4) is 17.0 Å². The molecule has 1 aliphatic rings. The summed E-state index contributed by atoms with van der Waals surface area (Å²) in [6.45, 7) is 2.24. The van der Waals surface area contributed by atoms with Crippen molar-refractivity contribution in [3.05, 3.63) is 52.4 Å². The Morgan fingerprint density at radius 3 is 2.97 bits per heavy atom. The topological polar surface area (TPSA) is 81.9 Å². The lowest BCUT2D eigenvalue weighted by molar-refractivity contribution is 0.0924. The van der Waals surface area contributed by atoms with Crippen LogP contribution in [-0.4, -0.2) is 44.6 Å². The highest BCUT2D eigenvalue weighted by Gasteiger charge is 2.27. The average molecular weight is 430 g/mol. The van der Waals surface area contributed by atoms with Crippen LogP contribution in [0.3, 0.4) is 0 Å². The molecule has 1 N–H and O–H groups in total. The van der Waals surface area contributed by atoms with Crippen molar-refractivity contribution in [3.63, 3.8) is 0 Å². The normalized spacial score (nSPS) is 15.1. The monoisotopic (exact) mass is 429 g/mol. The number of ether oxygens (including phenoxy) is 1. The first kappa shape index (κ1) is 19.7. The van der Waals surface area contributed by atoms with E-state index in [0.717, 1.165) is 22.5 Å². The van der Waals surface area contributed by atoms with E-state index >= 15 is 0 Å². The van der Waals surface area contributed by atoms with Crippen molar-refractivity contribution in [1.82, 2.24) is 25.1 Å². The Kier molecular flexibility index (Phi) is 5.47. The van der Waals surface area contributed by atoms with Gasteiger partial charge in [0.15, 0.2) is 5.16 Å². The van der Waals surface area contributed by atoms with Gasteiger partial charge in [0.25, 0.3) is 5.91 Å². The Bertz CT molecular complexity index is 1080. The van der Waals surface area contributed by atoms with Crippen molar-refractivity contribution < 1.29 is 9.53 Å². The highest BCUT2D eigenvalue weighted by molar-refractivity contribution is 7.98. The smallest absolute Gasteiger partial charge is 0.269 e. The number of aryl methyl sites for hydroxylation is 2. The van der Waals surface area contributed by atoms with E-state index in [4.69, 9.17) is 16.3 Å². The van der Waals surface area contributed by atoms with Gasteiger partial charge in [0.05, 0.1) is 23.0 Å². The molecule has 3 heterocycles.